The van der Waals surface area contributed by atoms with Crippen LogP contribution in [0.15, 0.2) is 29.6 Å². The van der Waals surface area contributed by atoms with Crippen LogP contribution in [0, 0.1) is 0 Å². The molecular weight excluding hydrogens is 272 g/mol. The molecule has 3 rings (SSSR count). The summed E-state index contributed by atoms with van der Waals surface area (Å²) in [5.41, 5.74) is 0. The van der Waals surface area contributed by atoms with Crippen molar-refractivity contribution in [1.82, 2.24) is 34.6 Å². The minimum Gasteiger partial charge on any atom is -0.347 e. The summed E-state index contributed by atoms with van der Waals surface area (Å²) in [4.78, 5) is 19.9. The van der Waals surface area contributed by atoms with Gasteiger partial charge >= 0.3 is 0 Å². The van der Waals surface area contributed by atoms with Gasteiger partial charge in [-0.3, -0.25) is 4.57 Å². The van der Waals surface area contributed by atoms with Gasteiger partial charge in [0.05, 0.1) is 6.54 Å². The highest BCUT2D eigenvalue weighted by atomic mass is 35.5. The van der Waals surface area contributed by atoms with Gasteiger partial charge < -0.3 is 9.84 Å². The molecule has 0 aliphatic heterocycles. The Labute approximate surface area is 111 Å². The van der Waals surface area contributed by atoms with Crippen molar-refractivity contribution >= 4 is 17.5 Å². The summed E-state index contributed by atoms with van der Waals surface area (Å²) in [7, 11) is 0. The second-order valence-corrected chi connectivity index (χ2v) is 3.74. The van der Waals surface area contributed by atoms with E-state index in [2.05, 4.69) is 39.9 Å². The number of nitrogens with zero attached hydrogens (tertiary/aromatic N) is 7. The molecule has 0 spiro atoms. The average molecular weight is 279 g/mol. The smallest absolute Gasteiger partial charge is 0.241 e. The summed E-state index contributed by atoms with van der Waals surface area (Å²) < 4.78 is 6.23. The molecule has 96 valence electrons. The summed E-state index contributed by atoms with van der Waals surface area (Å²) in [5, 5.41) is 6.66. The molecule has 19 heavy (non-hydrogen) atoms. The first-order chi connectivity index (χ1) is 9.31. The molecule has 0 saturated carbocycles. The van der Waals surface area contributed by atoms with Crippen LogP contribution in [0.4, 0.5) is 5.95 Å². The number of aromatic nitrogens is 7. The topological polar surface area (TPSA) is 107 Å². The predicted molar refractivity (Wildman–Crippen MR) is 63.6 cm³/mol. The van der Waals surface area contributed by atoms with Crippen molar-refractivity contribution in [2.24, 2.45) is 0 Å². The molecular formula is C9H7ClN8O. The van der Waals surface area contributed by atoms with E-state index in [9.17, 15) is 0 Å². The molecule has 0 aromatic carbocycles. The molecule has 10 heteroatoms. The quantitative estimate of drug-likeness (QED) is 0.743. The second-order valence-electron chi connectivity index (χ2n) is 3.40. The van der Waals surface area contributed by atoms with E-state index in [0.717, 1.165) is 0 Å². The first kappa shape index (κ1) is 11.5. The van der Waals surface area contributed by atoms with Crippen LogP contribution in [-0.4, -0.2) is 34.6 Å². The highest BCUT2D eigenvalue weighted by molar-refractivity contribution is 6.28. The number of nitrogens with one attached hydrogen (secondary N) is 1. The van der Waals surface area contributed by atoms with E-state index in [1.165, 1.54) is 6.39 Å². The third kappa shape index (κ3) is 2.65. The maximum Gasteiger partial charge on any atom is 0.241 e. The Bertz CT molecular complexity index is 653. The zero-order valence-corrected chi connectivity index (χ0v) is 10.2. The highest BCUT2D eigenvalue weighted by Gasteiger charge is 2.07. The molecule has 3 aromatic rings. The summed E-state index contributed by atoms with van der Waals surface area (Å²) >= 11 is 5.84. The third-order valence-corrected chi connectivity index (χ3v) is 2.31. The lowest BCUT2D eigenvalue weighted by Gasteiger charge is -2.05. The molecule has 3 heterocycles. The molecule has 0 amide bonds. The molecule has 9 nitrogen and oxygen atoms in total. The fourth-order valence-electron chi connectivity index (χ4n) is 1.34. The van der Waals surface area contributed by atoms with Crippen molar-refractivity contribution in [1.29, 1.82) is 0 Å². The maximum absolute atomic E-state index is 5.84. The number of halogens is 1. The SMILES string of the molecule is Clc1nc(NCc2ncon2)nc(-n2ccnc2)n1. The lowest BCUT2D eigenvalue weighted by atomic mass is 10.6. The summed E-state index contributed by atoms with van der Waals surface area (Å²) in [6, 6.07) is 0. The van der Waals surface area contributed by atoms with E-state index in [-0.39, 0.29) is 5.28 Å². The summed E-state index contributed by atoms with van der Waals surface area (Å²) in [5.74, 6) is 1.17. The van der Waals surface area contributed by atoms with E-state index in [1.54, 1.807) is 23.3 Å². The van der Waals surface area contributed by atoms with Crippen molar-refractivity contribution in [3.8, 4) is 5.95 Å². The number of imidazole rings is 1. The Morgan fingerprint density at radius 2 is 2.26 bits per heavy atom. The van der Waals surface area contributed by atoms with Crippen molar-refractivity contribution in [2.75, 3.05) is 5.32 Å². The number of hydrogen-bond donors (Lipinski definition) is 1. The minimum atomic E-state index is 0.0781. The molecule has 0 bridgehead atoms. The first-order valence-corrected chi connectivity index (χ1v) is 5.58. The van der Waals surface area contributed by atoms with Crippen LogP contribution in [0.5, 0.6) is 0 Å². The Kier molecular flexibility index (Phi) is 3.02. The van der Waals surface area contributed by atoms with Crippen molar-refractivity contribution in [3.05, 3.63) is 36.2 Å². The van der Waals surface area contributed by atoms with E-state index < -0.39 is 0 Å². The van der Waals surface area contributed by atoms with Crippen LogP contribution in [0.25, 0.3) is 5.95 Å². The van der Waals surface area contributed by atoms with Crippen molar-refractivity contribution in [3.63, 3.8) is 0 Å². The third-order valence-electron chi connectivity index (χ3n) is 2.14. The normalized spacial score (nSPS) is 10.6. The van der Waals surface area contributed by atoms with Gasteiger partial charge in [-0.05, 0) is 11.6 Å². The molecule has 0 atom stereocenters. The van der Waals surface area contributed by atoms with Crippen LogP contribution in [0.1, 0.15) is 5.82 Å². The Morgan fingerprint density at radius 3 is 3.00 bits per heavy atom. The lowest BCUT2D eigenvalue weighted by Crippen LogP contribution is -2.09. The highest BCUT2D eigenvalue weighted by Crippen LogP contribution is 2.09. The van der Waals surface area contributed by atoms with Gasteiger partial charge in [0, 0.05) is 12.4 Å². The average Bonchev–Trinajstić information content (AvgIpc) is 3.09. The van der Waals surface area contributed by atoms with E-state index in [0.29, 0.717) is 24.3 Å². The minimum absolute atomic E-state index is 0.0781. The fraction of sp³-hybridized carbons (Fsp3) is 0.111. The van der Waals surface area contributed by atoms with Gasteiger partial charge in [-0.15, -0.1) is 0 Å². The van der Waals surface area contributed by atoms with Gasteiger partial charge in [0.2, 0.25) is 23.6 Å². The van der Waals surface area contributed by atoms with Gasteiger partial charge in [0.25, 0.3) is 0 Å². The second kappa shape index (κ2) is 4.98. The van der Waals surface area contributed by atoms with Crippen LogP contribution < -0.4 is 5.32 Å². The van der Waals surface area contributed by atoms with Crippen LogP contribution in [0.2, 0.25) is 5.28 Å². The number of hydrogen-bond acceptors (Lipinski definition) is 8. The Hall–Kier alpha value is -2.55. The molecule has 0 unspecified atom stereocenters. The van der Waals surface area contributed by atoms with Gasteiger partial charge in [-0.25, -0.2) is 4.98 Å². The molecule has 0 aliphatic rings. The zero-order valence-electron chi connectivity index (χ0n) is 9.43. The molecule has 1 N–H and O–H groups in total. The molecule has 3 aromatic heterocycles. The molecule has 0 fully saturated rings. The van der Waals surface area contributed by atoms with Crippen LogP contribution in [-0.2, 0) is 6.54 Å². The predicted octanol–water partition coefficient (Wildman–Crippen LogP) is 0.706. The largest absolute Gasteiger partial charge is 0.347 e. The molecule has 0 radical (unpaired) electrons. The molecule has 0 saturated heterocycles. The van der Waals surface area contributed by atoms with Crippen LogP contribution in [0.3, 0.4) is 0 Å². The van der Waals surface area contributed by atoms with E-state index >= 15 is 0 Å². The zero-order chi connectivity index (χ0) is 13.1. The fourth-order valence-corrected chi connectivity index (χ4v) is 1.50. The van der Waals surface area contributed by atoms with E-state index in [1.807, 2.05) is 0 Å². The lowest BCUT2D eigenvalue weighted by molar-refractivity contribution is 0.411. The Balaban J connectivity index is 1.82. The molecule has 0 aliphatic carbocycles. The van der Waals surface area contributed by atoms with Gasteiger partial charge in [-0.1, -0.05) is 5.16 Å². The van der Waals surface area contributed by atoms with Crippen molar-refractivity contribution < 1.29 is 4.52 Å². The standard InChI is InChI=1S/C9H7ClN8O/c10-7-14-8(12-3-6-13-5-19-17-6)16-9(15-7)18-2-1-11-4-18/h1-2,4-5H,3H2,(H,12,14,15,16). The first-order valence-electron chi connectivity index (χ1n) is 5.20. The monoisotopic (exact) mass is 278 g/mol. The number of anilines is 1. The van der Waals surface area contributed by atoms with Gasteiger partial charge in [0.1, 0.15) is 6.33 Å². The van der Waals surface area contributed by atoms with Gasteiger partial charge in [0.15, 0.2) is 5.82 Å². The maximum atomic E-state index is 5.84. The van der Waals surface area contributed by atoms with Gasteiger partial charge in [-0.2, -0.15) is 19.9 Å². The van der Waals surface area contributed by atoms with E-state index in [4.69, 9.17) is 11.6 Å². The number of rotatable bonds is 4. The Morgan fingerprint density at radius 1 is 1.32 bits per heavy atom. The summed E-state index contributed by atoms with van der Waals surface area (Å²) in [6.07, 6.45) is 6.13. The van der Waals surface area contributed by atoms with Crippen molar-refractivity contribution in [2.45, 2.75) is 6.54 Å². The van der Waals surface area contributed by atoms with Crippen LogP contribution >= 0.6 is 11.6 Å². The summed E-state index contributed by atoms with van der Waals surface area (Å²) in [6.45, 7) is 0.320.